The third kappa shape index (κ3) is 3.17. The van der Waals surface area contributed by atoms with E-state index < -0.39 is 0 Å². The van der Waals surface area contributed by atoms with Crippen LogP contribution in [0.3, 0.4) is 0 Å². The number of hydrogen-bond donors (Lipinski definition) is 1. The maximum atomic E-state index is 12.2. The second-order valence-corrected chi connectivity index (χ2v) is 4.58. The quantitative estimate of drug-likeness (QED) is 0.816. The number of amides is 2. The molecule has 0 aromatic carbocycles. The zero-order chi connectivity index (χ0) is 14.5. The van der Waals surface area contributed by atoms with Gasteiger partial charge in [0.1, 0.15) is 12.4 Å². The van der Waals surface area contributed by atoms with E-state index in [1.165, 1.54) is 7.11 Å². The van der Waals surface area contributed by atoms with Crippen LogP contribution >= 0.6 is 0 Å². The zero-order valence-electron chi connectivity index (χ0n) is 11.5. The molecule has 0 radical (unpaired) electrons. The van der Waals surface area contributed by atoms with Crippen LogP contribution in [0.2, 0.25) is 0 Å². The smallest absolute Gasteiger partial charge is 0.289 e. The van der Waals surface area contributed by atoms with Crippen LogP contribution in [0.1, 0.15) is 16.3 Å². The second kappa shape index (κ2) is 6.53. The summed E-state index contributed by atoms with van der Waals surface area (Å²) in [5.41, 5.74) is 5.45. The van der Waals surface area contributed by atoms with Gasteiger partial charge in [0, 0.05) is 33.3 Å². The minimum absolute atomic E-state index is 0.0528. The Hall–Kier alpha value is -1.86. The van der Waals surface area contributed by atoms with E-state index in [0.717, 1.165) is 0 Å². The highest BCUT2D eigenvalue weighted by atomic mass is 16.5. The largest absolute Gasteiger partial charge is 0.455 e. The predicted octanol–water partition coefficient (Wildman–Crippen LogP) is -0.331. The molecule has 1 fully saturated rings. The predicted molar refractivity (Wildman–Crippen MR) is 71.0 cm³/mol. The summed E-state index contributed by atoms with van der Waals surface area (Å²) in [7, 11) is 1.49. The van der Waals surface area contributed by atoms with E-state index >= 15 is 0 Å². The topological polar surface area (TPSA) is 89.0 Å². The summed E-state index contributed by atoms with van der Waals surface area (Å²) in [6, 6.07) is 3.33. The Morgan fingerprint density at radius 2 is 1.90 bits per heavy atom. The van der Waals surface area contributed by atoms with Gasteiger partial charge in [-0.15, -0.1) is 0 Å². The van der Waals surface area contributed by atoms with Gasteiger partial charge in [-0.05, 0) is 12.1 Å². The first-order valence-electron chi connectivity index (χ1n) is 6.50. The molecule has 2 rings (SSSR count). The van der Waals surface area contributed by atoms with Gasteiger partial charge in [-0.3, -0.25) is 9.59 Å². The van der Waals surface area contributed by atoms with Crippen molar-refractivity contribution in [2.75, 3.05) is 39.9 Å². The third-order valence-electron chi connectivity index (χ3n) is 3.26. The van der Waals surface area contributed by atoms with Gasteiger partial charge in [0.2, 0.25) is 5.91 Å². The molecule has 2 N–H and O–H groups in total. The van der Waals surface area contributed by atoms with E-state index in [4.69, 9.17) is 14.9 Å². The van der Waals surface area contributed by atoms with Gasteiger partial charge in [0.25, 0.3) is 5.91 Å². The summed E-state index contributed by atoms with van der Waals surface area (Å²) >= 11 is 0. The summed E-state index contributed by atoms with van der Waals surface area (Å²) in [5.74, 6) is 0.663. The molecule has 1 saturated heterocycles. The molecule has 1 aromatic heterocycles. The highest BCUT2D eigenvalue weighted by Gasteiger charge is 2.26. The van der Waals surface area contributed by atoms with Crippen molar-refractivity contribution in [3.05, 3.63) is 23.7 Å². The van der Waals surface area contributed by atoms with Gasteiger partial charge in [-0.1, -0.05) is 0 Å². The highest BCUT2D eigenvalue weighted by Crippen LogP contribution is 2.12. The number of carbonyl (C=O) groups excluding carboxylic acids is 2. The van der Waals surface area contributed by atoms with Crippen molar-refractivity contribution in [2.45, 2.75) is 6.54 Å². The van der Waals surface area contributed by atoms with Crippen molar-refractivity contribution in [1.82, 2.24) is 9.80 Å². The van der Waals surface area contributed by atoms with Crippen molar-refractivity contribution in [2.24, 2.45) is 5.73 Å². The zero-order valence-corrected chi connectivity index (χ0v) is 11.5. The maximum absolute atomic E-state index is 12.2. The molecule has 1 aliphatic rings. The molecule has 0 atom stereocenters. The second-order valence-electron chi connectivity index (χ2n) is 4.58. The maximum Gasteiger partial charge on any atom is 0.289 e. The number of piperazine rings is 1. The summed E-state index contributed by atoms with van der Waals surface area (Å²) < 4.78 is 10.2. The number of methoxy groups -OCH3 is 1. The number of rotatable bonds is 4. The molecule has 2 amide bonds. The fraction of sp³-hybridized carbons (Fsp3) is 0.538. The summed E-state index contributed by atoms with van der Waals surface area (Å²) in [4.78, 5) is 27.2. The van der Waals surface area contributed by atoms with E-state index in [0.29, 0.717) is 37.7 Å². The average molecular weight is 281 g/mol. The molecule has 0 bridgehead atoms. The molecule has 2 heterocycles. The third-order valence-corrected chi connectivity index (χ3v) is 3.26. The van der Waals surface area contributed by atoms with Crippen molar-refractivity contribution >= 4 is 11.8 Å². The molecule has 1 aromatic rings. The van der Waals surface area contributed by atoms with Gasteiger partial charge in [0.15, 0.2) is 5.76 Å². The number of furan rings is 1. The minimum atomic E-state index is -0.163. The van der Waals surface area contributed by atoms with Gasteiger partial charge >= 0.3 is 0 Å². The van der Waals surface area contributed by atoms with E-state index in [1.54, 1.807) is 21.9 Å². The lowest BCUT2D eigenvalue weighted by Crippen LogP contribution is -2.51. The average Bonchev–Trinajstić information content (AvgIpc) is 2.96. The molecular weight excluding hydrogens is 262 g/mol. The Labute approximate surface area is 117 Å². The number of ether oxygens (including phenoxy) is 1. The lowest BCUT2D eigenvalue weighted by molar-refractivity contribution is -0.136. The molecule has 0 aliphatic carbocycles. The Morgan fingerprint density at radius 3 is 2.45 bits per heavy atom. The van der Waals surface area contributed by atoms with Crippen LogP contribution in [0, 0.1) is 0 Å². The van der Waals surface area contributed by atoms with Crippen LogP contribution in [-0.2, 0) is 16.1 Å². The van der Waals surface area contributed by atoms with E-state index in [2.05, 4.69) is 0 Å². The molecule has 1 aliphatic heterocycles. The number of nitrogens with zero attached hydrogens (tertiary/aromatic N) is 2. The van der Waals surface area contributed by atoms with Crippen LogP contribution in [0.4, 0.5) is 0 Å². The van der Waals surface area contributed by atoms with Gasteiger partial charge in [0.05, 0.1) is 6.54 Å². The highest BCUT2D eigenvalue weighted by molar-refractivity contribution is 5.91. The molecular formula is C13H19N3O4. The summed E-state index contributed by atoms with van der Waals surface area (Å²) in [6.07, 6.45) is 0. The fourth-order valence-electron chi connectivity index (χ4n) is 2.13. The molecule has 0 saturated carbocycles. The first-order valence-corrected chi connectivity index (χ1v) is 6.50. The Kier molecular flexibility index (Phi) is 4.75. The van der Waals surface area contributed by atoms with Crippen LogP contribution < -0.4 is 5.73 Å². The molecule has 0 unspecified atom stereocenters. The van der Waals surface area contributed by atoms with E-state index in [1.807, 2.05) is 0 Å². The Bertz CT molecular complexity index is 478. The number of carbonyl (C=O) groups is 2. The van der Waals surface area contributed by atoms with Gasteiger partial charge < -0.3 is 24.7 Å². The lowest BCUT2D eigenvalue weighted by atomic mass is 10.3. The van der Waals surface area contributed by atoms with E-state index in [9.17, 15) is 9.59 Å². The Balaban J connectivity index is 1.90. The van der Waals surface area contributed by atoms with Crippen LogP contribution in [0.15, 0.2) is 16.5 Å². The number of nitrogens with two attached hydrogens (primary N) is 1. The summed E-state index contributed by atoms with van der Waals surface area (Å²) in [6.45, 7) is 2.36. The van der Waals surface area contributed by atoms with Gasteiger partial charge in [-0.25, -0.2) is 0 Å². The lowest BCUT2D eigenvalue weighted by Gasteiger charge is -2.34. The molecule has 110 valence electrons. The fourth-order valence-corrected chi connectivity index (χ4v) is 2.13. The molecule has 20 heavy (non-hydrogen) atoms. The first kappa shape index (κ1) is 14.5. The van der Waals surface area contributed by atoms with Crippen LogP contribution in [-0.4, -0.2) is 61.5 Å². The molecule has 7 nitrogen and oxygen atoms in total. The molecule has 0 spiro atoms. The standard InChI is InChI=1S/C13H19N3O4/c1-19-9-12(17)15-4-6-16(7-5-15)13(18)11-3-2-10(8-14)20-11/h2-3H,4-9,14H2,1H3. The van der Waals surface area contributed by atoms with Crippen molar-refractivity contribution < 1.29 is 18.7 Å². The molecule has 7 heteroatoms. The van der Waals surface area contributed by atoms with Crippen LogP contribution in [0.25, 0.3) is 0 Å². The minimum Gasteiger partial charge on any atom is -0.455 e. The van der Waals surface area contributed by atoms with Crippen molar-refractivity contribution in [3.63, 3.8) is 0 Å². The summed E-state index contributed by atoms with van der Waals surface area (Å²) in [5, 5.41) is 0. The SMILES string of the molecule is COCC(=O)N1CCN(C(=O)c2ccc(CN)o2)CC1. The van der Waals surface area contributed by atoms with Crippen LogP contribution in [0.5, 0.6) is 0 Å². The van der Waals surface area contributed by atoms with Crippen molar-refractivity contribution in [1.29, 1.82) is 0 Å². The van der Waals surface area contributed by atoms with E-state index in [-0.39, 0.29) is 25.0 Å². The Morgan fingerprint density at radius 1 is 1.25 bits per heavy atom. The number of hydrogen-bond acceptors (Lipinski definition) is 5. The normalized spacial score (nSPS) is 15.5. The first-order chi connectivity index (χ1) is 9.65. The van der Waals surface area contributed by atoms with Gasteiger partial charge in [-0.2, -0.15) is 0 Å². The van der Waals surface area contributed by atoms with Crippen molar-refractivity contribution in [3.8, 4) is 0 Å². The monoisotopic (exact) mass is 281 g/mol.